The molecule has 62 valence electrons. The molecule has 1 aliphatic heterocycles. The highest BCUT2D eigenvalue weighted by Crippen LogP contribution is 2.12. The molecule has 1 amide bonds. The van der Waals surface area contributed by atoms with E-state index >= 15 is 0 Å². The fraction of sp³-hybridized carbons (Fsp3) is 0.750. The summed E-state index contributed by atoms with van der Waals surface area (Å²) in [5.41, 5.74) is 0. The van der Waals surface area contributed by atoms with Crippen LogP contribution in [-0.2, 0) is 4.79 Å². The van der Waals surface area contributed by atoms with Crippen molar-refractivity contribution in [2.45, 2.75) is 19.8 Å². The van der Waals surface area contributed by atoms with Gasteiger partial charge in [-0.15, -0.1) is 0 Å². The Labute approximate surface area is 67.1 Å². The van der Waals surface area contributed by atoms with Crippen LogP contribution >= 0.6 is 0 Å². The summed E-state index contributed by atoms with van der Waals surface area (Å²) >= 11 is 0. The van der Waals surface area contributed by atoms with E-state index in [1.807, 2.05) is 0 Å². The summed E-state index contributed by atoms with van der Waals surface area (Å²) < 4.78 is 0. The zero-order valence-corrected chi connectivity index (χ0v) is 7.08. The molecule has 3 nitrogen and oxygen atoms in total. The zero-order valence-electron chi connectivity index (χ0n) is 7.08. The molecule has 1 rings (SSSR count). The van der Waals surface area contributed by atoms with Gasteiger partial charge < -0.3 is 4.90 Å². The summed E-state index contributed by atoms with van der Waals surface area (Å²) in [6, 6.07) is 0. The van der Waals surface area contributed by atoms with Crippen LogP contribution in [0.15, 0.2) is 4.99 Å². The van der Waals surface area contributed by atoms with Crippen LogP contribution in [0.1, 0.15) is 19.8 Å². The molecule has 1 atom stereocenters. The Hall–Kier alpha value is -0.860. The van der Waals surface area contributed by atoms with Gasteiger partial charge in [0.15, 0.2) is 0 Å². The van der Waals surface area contributed by atoms with Gasteiger partial charge >= 0.3 is 0 Å². The number of nitrogens with zero attached hydrogens (tertiary/aromatic N) is 2. The molecule has 0 fully saturated rings. The largest absolute Gasteiger partial charge is 0.306 e. The fourth-order valence-corrected chi connectivity index (χ4v) is 1.28. The van der Waals surface area contributed by atoms with E-state index in [1.165, 1.54) is 0 Å². The van der Waals surface area contributed by atoms with Gasteiger partial charge in [-0.05, 0) is 6.42 Å². The van der Waals surface area contributed by atoms with Crippen LogP contribution in [0.5, 0.6) is 0 Å². The standard InChI is InChI=1S/C8H14N2O/c1-3-4-7-5-9-6-10(2)8(7)11/h6-7H,3-5H2,1-2H3. The summed E-state index contributed by atoms with van der Waals surface area (Å²) in [4.78, 5) is 17.0. The molecule has 0 radical (unpaired) electrons. The Balaban J connectivity index is 2.55. The Bertz CT molecular complexity index is 177. The maximum Gasteiger partial charge on any atom is 0.232 e. The Kier molecular flexibility index (Phi) is 2.63. The molecular weight excluding hydrogens is 140 g/mol. The summed E-state index contributed by atoms with van der Waals surface area (Å²) in [5, 5.41) is 0. The lowest BCUT2D eigenvalue weighted by molar-refractivity contribution is -0.130. The highest BCUT2D eigenvalue weighted by molar-refractivity contribution is 5.90. The Morgan fingerprint density at radius 3 is 3.18 bits per heavy atom. The van der Waals surface area contributed by atoms with Crippen LogP contribution in [0.3, 0.4) is 0 Å². The van der Waals surface area contributed by atoms with Gasteiger partial charge in [0.1, 0.15) is 0 Å². The summed E-state index contributed by atoms with van der Waals surface area (Å²) in [6.07, 6.45) is 3.62. The molecule has 1 heterocycles. The van der Waals surface area contributed by atoms with Gasteiger partial charge in [0, 0.05) is 7.05 Å². The first-order valence-electron chi connectivity index (χ1n) is 4.02. The maximum absolute atomic E-state index is 11.3. The van der Waals surface area contributed by atoms with E-state index in [1.54, 1.807) is 18.3 Å². The van der Waals surface area contributed by atoms with Crippen molar-refractivity contribution in [3.8, 4) is 0 Å². The first-order valence-corrected chi connectivity index (χ1v) is 4.02. The van der Waals surface area contributed by atoms with Crippen LogP contribution < -0.4 is 0 Å². The second kappa shape index (κ2) is 3.51. The molecule has 3 heteroatoms. The quantitative estimate of drug-likeness (QED) is 0.581. The third-order valence-corrected chi connectivity index (χ3v) is 1.91. The van der Waals surface area contributed by atoms with E-state index in [4.69, 9.17) is 0 Å². The molecule has 1 aliphatic rings. The SMILES string of the molecule is CCCC1CN=CN(C)C1=O. The van der Waals surface area contributed by atoms with Crippen molar-refractivity contribution < 1.29 is 4.79 Å². The van der Waals surface area contributed by atoms with E-state index in [2.05, 4.69) is 11.9 Å². The Morgan fingerprint density at radius 1 is 1.82 bits per heavy atom. The fourth-order valence-electron chi connectivity index (χ4n) is 1.28. The molecule has 0 saturated heterocycles. The molecule has 0 N–H and O–H groups in total. The smallest absolute Gasteiger partial charge is 0.232 e. The molecule has 0 aromatic rings. The van der Waals surface area contributed by atoms with Crippen molar-refractivity contribution >= 4 is 12.2 Å². The average Bonchev–Trinajstić information content (AvgIpc) is 1.99. The highest BCUT2D eigenvalue weighted by Gasteiger charge is 2.22. The highest BCUT2D eigenvalue weighted by atomic mass is 16.2. The molecule has 11 heavy (non-hydrogen) atoms. The number of amides is 1. The predicted octanol–water partition coefficient (Wildman–Crippen LogP) is 0.903. The number of hydrogen-bond acceptors (Lipinski definition) is 2. The number of carbonyl (C=O) groups is 1. The minimum atomic E-state index is 0.134. The van der Waals surface area contributed by atoms with Crippen LogP contribution in [-0.4, -0.2) is 30.7 Å². The zero-order chi connectivity index (χ0) is 8.27. The van der Waals surface area contributed by atoms with E-state index in [0.717, 1.165) is 12.8 Å². The van der Waals surface area contributed by atoms with E-state index in [0.29, 0.717) is 6.54 Å². The number of rotatable bonds is 2. The van der Waals surface area contributed by atoms with Crippen LogP contribution in [0.4, 0.5) is 0 Å². The van der Waals surface area contributed by atoms with Crippen molar-refractivity contribution in [2.75, 3.05) is 13.6 Å². The number of hydrogen-bond donors (Lipinski definition) is 0. The van der Waals surface area contributed by atoms with Crippen molar-refractivity contribution in [1.82, 2.24) is 4.90 Å². The number of aliphatic imine (C=N–C) groups is 1. The minimum Gasteiger partial charge on any atom is -0.306 e. The van der Waals surface area contributed by atoms with Gasteiger partial charge in [-0.3, -0.25) is 9.79 Å². The first kappa shape index (κ1) is 8.24. The second-order valence-electron chi connectivity index (χ2n) is 2.92. The summed E-state index contributed by atoms with van der Waals surface area (Å²) in [6.45, 7) is 2.77. The lowest BCUT2D eigenvalue weighted by Gasteiger charge is -2.22. The van der Waals surface area contributed by atoms with Gasteiger partial charge in [-0.2, -0.15) is 0 Å². The molecule has 0 aromatic heterocycles. The maximum atomic E-state index is 11.3. The normalized spacial score (nSPS) is 24.4. The molecule has 0 aliphatic carbocycles. The van der Waals surface area contributed by atoms with Crippen LogP contribution in [0, 0.1) is 5.92 Å². The van der Waals surface area contributed by atoms with Gasteiger partial charge in [0.05, 0.1) is 18.8 Å². The molecule has 1 unspecified atom stereocenters. The lowest BCUT2D eigenvalue weighted by Crippen LogP contribution is -2.37. The van der Waals surface area contributed by atoms with Crippen molar-refractivity contribution in [2.24, 2.45) is 10.9 Å². The van der Waals surface area contributed by atoms with Crippen LogP contribution in [0.25, 0.3) is 0 Å². The van der Waals surface area contributed by atoms with Gasteiger partial charge in [0.25, 0.3) is 0 Å². The summed E-state index contributed by atoms with van der Waals surface area (Å²) in [7, 11) is 1.76. The third-order valence-electron chi connectivity index (χ3n) is 1.91. The van der Waals surface area contributed by atoms with E-state index < -0.39 is 0 Å². The van der Waals surface area contributed by atoms with Crippen molar-refractivity contribution in [1.29, 1.82) is 0 Å². The Morgan fingerprint density at radius 2 is 2.55 bits per heavy atom. The second-order valence-corrected chi connectivity index (χ2v) is 2.92. The third kappa shape index (κ3) is 1.79. The molecule has 0 bridgehead atoms. The van der Waals surface area contributed by atoms with Crippen molar-refractivity contribution in [3.63, 3.8) is 0 Å². The molecule has 0 aromatic carbocycles. The van der Waals surface area contributed by atoms with Crippen LogP contribution in [0.2, 0.25) is 0 Å². The average molecular weight is 154 g/mol. The first-order chi connectivity index (χ1) is 5.25. The topological polar surface area (TPSA) is 32.7 Å². The van der Waals surface area contributed by atoms with Gasteiger partial charge in [-0.25, -0.2) is 0 Å². The predicted molar refractivity (Wildman–Crippen MR) is 44.5 cm³/mol. The molecule has 0 saturated carbocycles. The monoisotopic (exact) mass is 154 g/mol. The van der Waals surface area contributed by atoms with E-state index in [9.17, 15) is 4.79 Å². The minimum absolute atomic E-state index is 0.134. The van der Waals surface area contributed by atoms with Gasteiger partial charge in [0.2, 0.25) is 5.91 Å². The van der Waals surface area contributed by atoms with E-state index in [-0.39, 0.29) is 11.8 Å². The molecular formula is C8H14N2O. The lowest BCUT2D eigenvalue weighted by atomic mass is 10.0. The van der Waals surface area contributed by atoms with Crippen molar-refractivity contribution in [3.05, 3.63) is 0 Å². The molecule has 0 spiro atoms. The number of carbonyl (C=O) groups excluding carboxylic acids is 1. The summed E-state index contributed by atoms with van der Waals surface area (Å²) in [5.74, 6) is 0.344. The van der Waals surface area contributed by atoms with Gasteiger partial charge in [-0.1, -0.05) is 13.3 Å².